The average molecular weight is 410 g/mol. The number of hydrogen-bond acceptors (Lipinski definition) is 6. The summed E-state index contributed by atoms with van der Waals surface area (Å²) in [5.41, 5.74) is 0.480. The van der Waals surface area contributed by atoms with Crippen molar-refractivity contribution in [1.82, 2.24) is 5.32 Å². The molecule has 0 spiro atoms. The number of sulfonamides is 1. The van der Waals surface area contributed by atoms with E-state index in [0.717, 1.165) is 11.6 Å². The number of nitrogens with one attached hydrogen (secondary N) is 1. The number of rotatable bonds is 8. The molecule has 0 aliphatic rings. The Bertz CT molecular complexity index is 961. The number of ether oxygens (including phenoxy) is 2. The van der Waals surface area contributed by atoms with Gasteiger partial charge in [-0.2, -0.15) is 0 Å². The van der Waals surface area contributed by atoms with Crippen LogP contribution in [-0.2, 0) is 26.0 Å². The molecule has 0 saturated carbocycles. The van der Waals surface area contributed by atoms with Gasteiger partial charge in [-0.3, -0.25) is 4.79 Å². The van der Waals surface area contributed by atoms with E-state index in [-0.39, 0.29) is 22.8 Å². The van der Waals surface area contributed by atoms with E-state index in [1.807, 2.05) is 0 Å². The predicted octanol–water partition coefficient (Wildman–Crippen LogP) is 0.997. The van der Waals surface area contributed by atoms with Crippen LogP contribution in [-0.4, -0.2) is 40.6 Å². The first-order valence-corrected chi connectivity index (χ1v) is 9.64. The summed E-state index contributed by atoms with van der Waals surface area (Å²) in [5.74, 6) is -2.08. The third kappa shape index (κ3) is 6.03. The lowest BCUT2D eigenvalue weighted by Gasteiger charge is -2.08. The monoisotopic (exact) mass is 410 g/mol. The maximum atomic E-state index is 13.8. The number of halogens is 1. The van der Waals surface area contributed by atoms with E-state index in [9.17, 15) is 22.4 Å². The summed E-state index contributed by atoms with van der Waals surface area (Å²) >= 11 is 0. The van der Waals surface area contributed by atoms with Gasteiger partial charge in [0.25, 0.3) is 5.91 Å². The molecule has 0 heterocycles. The van der Waals surface area contributed by atoms with Crippen LogP contribution in [0.2, 0.25) is 0 Å². The third-order valence-corrected chi connectivity index (χ3v) is 4.65. The second-order valence-electron chi connectivity index (χ2n) is 5.71. The van der Waals surface area contributed by atoms with E-state index in [0.29, 0.717) is 6.42 Å². The fourth-order valence-electron chi connectivity index (χ4n) is 2.24. The van der Waals surface area contributed by atoms with Gasteiger partial charge in [-0.05, 0) is 36.2 Å². The highest BCUT2D eigenvalue weighted by Crippen LogP contribution is 2.17. The molecule has 0 aliphatic heterocycles. The summed E-state index contributed by atoms with van der Waals surface area (Å²) in [7, 11) is -2.38. The lowest BCUT2D eigenvalue weighted by molar-refractivity contribution is -0.124. The number of primary sulfonamides is 1. The first-order chi connectivity index (χ1) is 13.2. The van der Waals surface area contributed by atoms with E-state index < -0.39 is 34.3 Å². The third-order valence-electron chi connectivity index (χ3n) is 3.72. The first-order valence-electron chi connectivity index (χ1n) is 8.10. The molecule has 150 valence electrons. The van der Waals surface area contributed by atoms with E-state index in [1.165, 1.54) is 31.4 Å². The number of carbonyl (C=O) groups is 2. The van der Waals surface area contributed by atoms with Crippen LogP contribution in [0, 0.1) is 5.82 Å². The summed E-state index contributed by atoms with van der Waals surface area (Å²) in [5, 5.41) is 7.56. The van der Waals surface area contributed by atoms with Gasteiger partial charge >= 0.3 is 5.97 Å². The minimum atomic E-state index is -3.75. The molecule has 3 N–H and O–H groups in total. The smallest absolute Gasteiger partial charge is 0.341 e. The van der Waals surface area contributed by atoms with Gasteiger partial charge in [0.05, 0.1) is 17.6 Å². The molecule has 0 aliphatic carbocycles. The summed E-state index contributed by atoms with van der Waals surface area (Å²) < 4.78 is 45.8. The SMILES string of the molecule is COc1ccc(C(=O)OCC(=O)NCCc2ccc(S(N)(=O)=O)cc2)c(F)c1. The average Bonchev–Trinajstić information content (AvgIpc) is 2.65. The van der Waals surface area contributed by atoms with Crippen molar-refractivity contribution in [3.8, 4) is 5.75 Å². The summed E-state index contributed by atoms with van der Waals surface area (Å²) in [6.07, 6.45) is 0.428. The Labute approximate surface area is 161 Å². The molecule has 0 aromatic heterocycles. The van der Waals surface area contributed by atoms with Crippen LogP contribution in [0.1, 0.15) is 15.9 Å². The van der Waals surface area contributed by atoms with Crippen molar-refractivity contribution in [1.29, 1.82) is 0 Å². The molecular weight excluding hydrogens is 391 g/mol. The normalized spacial score (nSPS) is 11.0. The Morgan fingerprint density at radius 1 is 1.14 bits per heavy atom. The molecule has 0 unspecified atom stereocenters. The lowest BCUT2D eigenvalue weighted by atomic mass is 10.1. The number of benzene rings is 2. The van der Waals surface area contributed by atoms with Gasteiger partial charge in [0.1, 0.15) is 11.6 Å². The summed E-state index contributed by atoms with van der Waals surface area (Å²) in [6, 6.07) is 9.56. The van der Waals surface area contributed by atoms with Crippen molar-refractivity contribution in [2.24, 2.45) is 5.14 Å². The largest absolute Gasteiger partial charge is 0.497 e. The van der Waals surface area contributed by atoms with Crippen LogP contribution >= 0.6 is 0 Å². The second kappa shape index (κ2) is 9.29. The molecule has 0 saturated heterocycles. The Balaban J connectivity index is 1.77. The number of amides is 1. The Hall–Kier alpha value is -2.98. The van der Waals surface area contributed by atoms with E-state index >= 15 is 0 Å². The van der Waals surface area contributed by atoms with Crippen LogP contribution < -0.4 is 15.2 Å². The molecule has 2 aromatic rings. The van der Waals surface area contributed by atoms with E-state index in [2.05, 4.69) is 5.32 Å². The number of esters is 1. The van der Waals surface area contributed by atoms with Crippen molar-refractivity contribution in [3.05, 3.63) is 59.4 Å². The molecule has 2 rings (SSSR count). The van der Waals surface area contributed by atoms with Crippen molar-refractivity contribution in [2.45, 2.75) is 11.3 Å². The molecule has 0 radical (unpaired) electrons. The van der Waals surface area contributed by atoms with Crippen LogP contribution in [0.25, 0.3) is 0 Å². The van der Waals surface area contributed by atoms with E-state index in [1.54, 1.807) is 12.1 Å². The van der Waals surface area contributed by atoms with Crippen LogP contribution in [0.4, 0.5) is 4.39 Å². The second-order valence-corrected chi connectivity index (χ2v) is 7.27. The molecule has 1 amide bonds. The van der Waals surface area contributed by atoms with Gasteiger partial charge < -0.3 is 14.8 Å². The van der Waals surface area contributed by atoms with Crippen LogP contribution in [0.5, 0.6) is 5.75 Å². The van der Waals surface area contributed by atoms with Crippen LogP contribution in [0.15, 0.2) is 47.4 Å². The van der Waals surface area contributed by atoms with E-state index in [4.69, 9.17) is 14.6 Å². The number of carbonyl (C=O) groups excluding carboxylic acids is 2. The summed E-state index contributed by atoms with van der Waals surface area (Å²) in [6.45, 7) is -0.323. The topological polar surface area (TPSA) is 125 Å². The molecule has 0 bridgehead atoms. The van der Waals surface area contributed by atoms with Gasteiger partial charge in [-0.25, -0.2) is 22.7 Å². The molecule has 0 fully saturated rings. The van der Waals surface area contributed by atoms with Gasteiger partial charge in [0, 0.05) is 12.6 Å². The highest BCUT2D eigenvalue weighted by Gasteiger charge is 2.15. The van der Waals surface area contributed by atoms with Crippen molar-refractivity contribution < 1.29 is 31.9 Å². The zero-order valence-electron chi connectivity index (χ0n) is 15.0. The Morgan fingerprint density at radius 3 is 2.39 bits per heavy atom. The maximum absolute atomic E-state index is 13.8. The molecule has 8 nitrogen and oxygen atoms in total. The first kappa shape index (κ1) is 21.3. The molecular formula is C18H19FN2O6S. The van der Waals surface area contributed by atoms with Crippen molar-refractivity contribution >= 4 is 21.9 Å². The zero-order valence-corrected chi connectivity index (χ0v) is 15.8. The van der Waals surface area contributed by atoms with Gasteiger partial charge in [-0.15, -0.1) is 0 Å². The molecule has 28 heavy (non-hydrogen) atoms. The standard InChI is InChI=1S/C18H19FN2O6S/c1-26-13-4-7-15(16(19)10-13)18(23)27-11-17(22)21-9-8-12-2-5-14(6-3-12)28(20,24)25/h2-7,10H,8-9,11H2,1H3,(H,21,22)(H2,20,24,25). The lowest BCUT2D eigenvalue weighted by Crippen LogP contribution is -2.30. The Morgan fingerprint density at radius 2 is 1.82 bits per heavy atom. The molecule has 10 heteroatoms. The quantitative estimate of drug-likeness (QED) is 0.626. The van der Waals surface area contributed by atoms with Gasteiger partial charge in [0.15, 0.2) is 6.61 Å². The Kier molecular flexibility index (Phi) is 7.07. The zero-order chi connectivity index (χ0) is 20.7. The minimum Gasteiger partial charge on any atom is -0.497 e. The summed E-state index contributed by atoms with van der Waals surface area (Å²) in [4.78, 5) is 23.6. The van der Waals surface area contributed by atoms with Crippen molar-refractivity contribution in [3.63, 3.8) is 0 Å². The molecule has 0 atom stereocenters. The van der Waals surface area contributed by atoms with Gasteiger partial charge in [0.2, 0.25) is 10.0 Å². The number of methoxy groups -OCH3 is 1. The maximum Gasteiger partial charge on any atom is 0.341 e. The minimum absolute atomic E-state index is 0.00189. The number of hydrogen-bond donors (Lipinski definition) is 2. The fraction of sp³-hybridized carbons (Fsp3) is 0.222. The number of nitrogens with two attached hydrogens (primary N) is 1. The van der Waals surface area contributed by atoms with Crippen LogP contribution in [0.3, 0.4) is 0 Å². The predicted molar refractivity (Wildman–Crippen MR) is 97.8 cm³/mol. The van der Waals surface area contributed by atoms with Crippen molar-refractivity contribution in [2.75, 3.05) is 20.3 Å². The molecule has 2 aromatic carbocycles. The van der Waals surface area contributed by atoms with Gasteiger partial charge in [-0.1, -0.05) is 12.1 Å². The highest BCUT2D eigenvalue weighted by molar-refractivity contribution is 7.89. The fourth-order valence-corrected chi connectivity index (χ4v) is 2.76. The highest BCUT2D eigenvalue weighted by atomic mass is 32.2.